The summed E-state index contributed by atoms with van der Waals surface area (Å²) in [5.41, 5.74) is 0.0767. The maximum atomic E-state index is 14.9. The predicted molar refractivity (Wildman–Crippen MR) is 111 cm³/mol. The highest BCUT2D eigenvalue weighted by atomic mass is 35.5. The van der Waals surface area contributed by atoms with E-state index in [1.807, 2.05) is 0 Å². The van der Waals surface area contributed by atoms with Gasteiger partial charge in [0, 0.05) is 6.07 Å². The maximum Gasteiger partial charge on any atom is 0.329 e. The van der Waals surface area contributed by atoms with Gasteiger partial charge in [0.25, 0.3) is 5.91 Å². The van der Waals surface area contributed by atoms with E-state index in [1.54, 1.807) is 25.1 Å². The predicted octanol–water partition coefficient (Wildman–Crippen LogP) is 5.50. The van der Waals surface area contributed by atoms with Crippen molar-refractivity contribution < 1.29 is 23.8 Å². The maximum absolute atomic E-state index is 14.9. The first-order chi connectivity index (χ1) is 14.2. The molecule has 2 N–H and O–H groups in total. The Morgan fingerprint density at radius 1 is 1.20 bits per heavy atom. The van der Waals surface area contributed by atoms with Crippen LogP contribution in [0.4, 0.5) is 4.39 Å². The number of hydrogen-bond acceptors (Lipinski definition) is 3. The molecule has 0 unspecified atom stereocenters. The summed E-state index contributed by atoms with van der Waals surface area (Å²) in [6, 6.07) is 7.74. The van der Waals surface area contributed by atoms with E-state index in [0.29, 0.717) is 34.2 Å². The van der Waals surface area contributed by atoms with Crippen LogP contribution in [0.2, 0.25) is 10.0 Å². The van der Waals surface area contributed by atoms with Crippen LogP contribution in [0.3, 0.4) is 0 Å². The minimum absolute atomic E-state index is 0.144. The molecule has 0 heterocycles. The molecule has 1 atom stereocenters. The Hall–Kier alpha value is -2.31. The van der Waals surface area contributed by atoms with Crippen LogP contribution in [0.25, 0.3) is 0 Å². The van der Waals surface area contributed by atoms with Gasteiger partial charge >= 0.3 is 5.97 Å². The first-order valence-electron chi connectivity index (χ1n) is 9.71. The minimum atomic E-state index is -1.27. The van der Waals surface area contributed by atoms with Crippen LogP contribution in [-0.4, -0.2) is 22.5 Å². The van der Waals surface area contributed by atoms with Crippen molar-refractivity contribution in [1.82, 2.24) is 5.32 Å². The highest BCUT2D eigenvalue weighted by Crippen LogP contribution is 2.45. The number of halogens is 3. The quantitative estimate of drug-likeness (QED) is 0.582. The molecule has 0 saturated heterocycles. The summed E-state index contributed by atoms with van der Waals surface area (Å²) in [4.78, 5) is 23.9. The van der Waals surface area contributed by atoms with E-state index in [1.165, 1.54) is 12.1 Å². The molecule has 0 bridgehead atoms. The zero-order valence-electron chi connectivity index (χ0n) is 16.2. The molecule has 0 spiro atoms. The molecular formula is C22H20Cl2FNO4. The molecule has 8 heteroatoms. The third-order valence-corrected chi connectivity index (χ3v) is 6.33. The van der Waals surface area contributed by atoms with E-state index in [-0.39, 0.29) is 11.5 Å². The zero-order chi connectivity index (χ0) is 21.6. The lowest BCUT2D eigenvalue weighted by atomic mass is 9.95. The van der Waals surface area contributed by atoms with Gasteiger partial charge in [-0.25, -0.2) is 9.18 Å². The van der Waals surface area contributed by atoms with Crippen molar-refractivity contribution >= 4 is 35.1 Å². The van der Waals surface area contributed by atoms with E-state index in [9.17, 15) is 19.1 Å². The molecule has 4 rings (SSSR count). The summed E-state index contributed by atoms with van der Waals surface area (Å²) < 4.78 is 20.8. The normalized spacial score (nSPS) is 17.9. The topological polar surface area (TPSA) is 75.6 Å². The van der Waals surface area contributed by atoms with Crippen LogP contribution < -0.4 is 10.1 Å². The van der Waals surface area contributed by atoms with Crippen LogP contribution >= 0.6 is 23.2 Å². The second-order valence-corrected chi connectivity index (χ2v) is 8.73. The SMILES string of the molecule is C[C@@H](Oc1ccc(Cl)c(Cl)c1)c1cc(F)c(C(=O)NC2(C(=O)O)CC2)cc1C1CC1. The van der Waals surface area contributed by atoms with Crippen molar-refractivity contribution in [3.8, 4) is 5.75 Å². The van der Waals surface area contributed by atoms with Gasteiger partial charge in [0.05, 0.1) is 15.6 Å². The number of rotatable bonds is 7. The average molecular weight is 452 g/mol. The second kappa shape index (κ2) is 7.75. The van der Waals surface area contributed by atoms with E-state index < -0.39 is 29.3 Å². The van der Waals surface area contributed by atoms with Gasteiger partial charge < -0.3 is 15.2 Å². The van der Waals surface area contributed by atoms with Crippen molar-refractivity contribution in [1.29, 1.82) is 0 Å². The molecule has 2 aromatic rings. The lowest BCUT2D eigenvalue weighted by Gasteiger charge is -2.21. The molecule has 0 aliphatic heterocycles. The molecule has 0 radical (unpaired) electrons. The van der Waals surface area contributed by atoms with Crippen molar-refractivity contribution in [2.24, 2.45) is 0 Å². The number of amides is 1. The number of aliphatic carboxylic acids is 1. The van der Waals surface area contributed by atoms with E-state index in [0.717, 1.165) is 18.4 Å². The van der Waals surface area contributed by atoms with Crippen LogP contribution in [0.1, 0.15) is 66.1 Å². The number of carboxylic acids is 1. The van der Waals surface area contributed by atoms with Crippen LogP contribution in [0, 0.1) is 5.82 Å². The van der Waals surface area contributed by atoms with E-state index in [2.05, 4.69) is 5.32 Å². The molecule has 158 valence electrons. The molecule has 5 nitrogen and oxygen atoms in total. The number of benzene rings is 2. The Morgan fingerprint density at radius 2 is 1.90 bits per heavy atom. The van der Waals surface area contributed by atoms with E-state index in [4.69, 9.17) is 27.9 Å². The minimum Gasteiger partial charge on any atom is -0.486 e. The van der Waals surface area contributed by atoms with Gasteiger partial charge in [-0.05, 0) is 73.9 Å². The standard InChI is InChI=1S/C22H20Cl2FNO4/c1-11(30-13-4-5-17(23)18(24)8-13)14-10-19(25)16(9-15(14)12-2-3-12)20(27)26-22(6-7-22)21(28)29/h4-5,8-12H,2-3,6-7H2,1H3,(H,26,27)(H,28,29)/t11-/m1/s1. The van der Waals surface area contributed by atoms with Gasteiger partial charge in [-0.1, -0.05) is 23.2 Å². The molecule has 1 amide bonds. The van der Waals surface area contributed by atoms with Gasteiger partial charge in [-0.15, -0.1) is 0 Å². The Kier molecular flexibility index (Phi) is 5.41. The first kappa shape index (κ1) is 20.9. The molecular weight excluding hydrogens is 432 g/mol. The van der Waals surface area contributed by atoms with Crippen LogP contribution in [-0.2, 0) is 4.79 Å². The van der Waals surface area contributed by atoms with Crippen molar-refractivity contribution in [2.45, 2.75) is 50.2 Å². The van der Waals surface area contributed by atoms with Gasteiger partial charge in [0.1, 0.15) is 23.2 Å². The first-order valence-corrected chi connectivity index (χ1v) is 10.5. The van der Waals surface area contributed by atoms with E-state index >= 15 is 0 Å². The summed E-state index contributed by atoms with van der Waals surface area (Å²) in [6.45, 7) is 1.80. The van der Waals surface area contributed by atoms with Crippen molar-refractivity contribution in [3.63, 3.8) is 0 Å². The van der Waals surface area contributed by atoms with Crippen LogP contribution in [0.15, 0.2) is 30.3 Å². The fraction of sp³-hybridized carbons (Fsp3) is 0.364. The number of carbonyl (C=O) groups is 2. The average Bonchev–Trinajstić information content (AvgIpc) is 3.59. The number of nitrogens with one attached hydrogen (secondary N) is 1. The Morgan fingerprint density at radius 3 is 2.47 bits per heavy atom. The number of ether oxygens (including phenoxy) is 1. The zero-order valence-corrected chi connectivity index (χ0v) is 17.7. The fourth-order valence-electron chi connectivity index (χ4n) is 3.50. The van der Waals surface area contributed by atoms with Crippen molar-refractivity contribution in [2.75, 3.05) is 0 Å². The van der Waals surface area contributed by atoms with Crippen molar-refractivity contribution in [3.05, 3.63) is 62.9 Å². The molecule has 2 saturated carbocycles. The molecule has 30 heavy (non-hydrogen) atoms. The van der Waals surface area contributed by atoms with Gasteiger partial charge in [0.2, 0.25) is 0 Å². The largest absolute Gasteiger partial charge is 0.486 e. The fourth-order valence-corrected chi connectivity index (χ4v) is 3.79. The highest BCUT2D eigenvalue weighted by Gasteiger charge is 2.52. The monoisotopic (exact) mass is 451 g/mol. The molecule has 2 fully saturated rings. The summed E-state index contributed by atoms with van der Waals surface area (Å²) >= 11 is 12.0. The summed E-state index contributed by atoms with van der Waals surface area (Å²) in [7, 11) is 0. The third-order valence-electron chi connectivity index (χ3n) is 5.59. The Labute approximate surface area is 183 Å². The number of carbonyl (C=O) groups excluding carboxylic acids is 1. The summed E-state index contributed by atoms with van der Waals surface area (Å²) in [6.07, 6.45) is 2.09. The molecule has 2 aliphatic rings. The third kappa shape index (κ3) is 4.12. The lowest BCUT2D eigenvalue weighted by molar-refractivity contribution is -0.140. The number of carboxylic acid groups (broad SMARTS) is 1. The van der Waals surface area contributed by atoms with Gasteiger partial charge in [-0.3, -0.25) is 4.79 Å². The Bertz CT molecular complexity index is 1030. The van der Waals surface area contributed by atoms with Gasteiger partial charge in [0.15, 0.2) is 0 Å². The lowest BCUT2D eigenvalue weighted by Crippen LogP contribution is -2.43. The summed E-state index contributed by atoms with van der Waals surface area (Å²) in [5.74, 6) is -1.80. The Balaban J connectivity index is 1.61. The molecule has 2 aromatic carbocycles. The van der Waals surface area contributed by atoms with Crippen LogP contribution in [0.5, 0.6) is 5.75 Å². The van der Waals surface area contributed by atoms with Gasteiger partial charge in [-0.2, -0.15) is 0 Å². The number of hydrogen-bond donors (Lipinski definition) is 2. The summed E-state index contributed by atoms with van der Waals surface area (Å²) in [5, 5.41) is 12.5. The highest BCUT2D eigenvalue weighted by molar-refractivity contribution is 6.42. The molecule has 2 aliphatic carbocycles. The second-order valence-electron chi connectivity index (χ2n) is 7.91. The molecule has 0 aromatic heterocycles. The smallest absolute Gasteiger partial charge is 0.329 e.